The van der Waals surface area contributed by atoms with Gasteiger partial charge in [-0.25, -0.2) is 4.39 Å². The van der Waals surface area contributed by atoms with Crippen LogP contribution in [0.1, 0.15) is 5.56 Å². The van der Waals surface area contributed by atoms with Gasteiger partial charge in [-0.2, -0.15) is 0 Å². The lowest BCUT2D eigenvalue weighted by Gasteiger charge is -2.12. The molecule has 0 fully saturated rings. The van der Waals surface area contributed by atoms with E-state index in [1.54, 1.807) is 12.1 Å². The molecule has 0 radical (unpaired) electrons. The van der Waals surface area contributed by atoms with E-state index < -0.39 is 5.82 Å². The molecule has 0 unspecified atom stereocenters. The fraction of sp³-hybridized carbons (Fsp3) is 0.118. The highest BCUT2D eigenvalue weighted by Crippen LogP contribution is 2.17. The van der Waals surface area contributed by atoms with Gasteiger partial charge in [0.1, 0.15) is 5.82 Å². The Hall–Kier alpha value is -2.33. The average Bonchev–Trinajstić information content (AvgIpc) is 2.49. The maximum absolute atomic E-state index is 13.0. The molecule has 0 bridgehead atoms. The Morgan fingerprint density at radius 2 is 1.86 bits per heavy atom. The van der Waals surface area contributed by atoms with Crippen molar-refractivity contribution >= 4 is 35.0 Å². The van der Waals surface area contributed by atoms with Crippen LogP contribution < -0.4 is 10.2 Å². The topological polar surface area (TPSA) is 32.3 Å². The minimum atomic E-state index is -0.482. The normalized spacial score (nSPS) is 10.7. The molecule has 0 saturated heterocycles. The van der Waals surface area contributed by atoms with Crippen LogP contribution >= 0.6 is 11.6 Å². The zero-order valence-corrected chi connectivity index (χ0v) is 13.1. The highest BCUT2D eigenvalue weighted by molar-refractivity contribution is 6.30. The number of rotatable bonds is 4. The summed E-state index contributed by atoms with van der Waals surface area (Å²) >= 11 is 5.69. The second-order valence-electron chi connectivity index (χ2n) is 4.94. The largest absolute Gasteiger partial charge is 0.378 e. The number of nitrogens with zero attached hydrogens (tertiary/aromatic N) is 1. The molecule has 2 rings (SSSR count). The molecule has 0 atom stereocenters. The van der Waals surface area contributed by atoms with Crippen LogP contribution in [0.25, 0.3) is 6.08 Å². The van der Waals surface area contributed by atoms with E-state index in [0.29, 0.717) is 11.3 Å². The summed E-state index contributed by atoms with van der Waals surface area (Å²) in [4.78, 5) is 13.8. The molecule has 1 amide bonds. The van der Waals surface area contributed by atoms with Crippen molar-refractivity contribution in [2.75, 3.05) is 24.3 Å². The number of anilines is 2. The van der Waals surface area contributed by atoms with Crippen LogP contribution in [0.3, 0.4) is 0 Å². The lowest BCUT2D eigenvalue weighted by atomic mass is 10.2. The van der Waals surface area contributed by atoms with E-state index in [9.17, 15) is 9.18 Å². The Balaban J connectivity index is 2.00. The van der Waals surface area contributed by atoms with E-state index in [2.05, 4.69) is 5.32 Å². The Morgan fingerprint density at radius 1 is 1.18 bits per heavy atom. The van der Waals surface area contributed by atoms with Crippen molar-refractivity contribution in [3.63, 3.8) is 0 Å². The van der Waals surface area contributed by atoms with Crippen LogP contribution in [0.15, 0.2) is 48.5 Å². The maximum atomic E-state index is 13.0. The zero-order valence-electron chi connectivity index (χ0n) is 12.3. The van der Waals surface area contributed by atoms with E-state index in [0.717, 1.165) is 5.69 Å². The van der Waals surface area contributed by atoms with Gasteiger partial charge >= 0.3 is 0 Å². The SMILES string of the molecule is CN(C)c1ccc(NC(=O)C=Cc2ccc(F)c(Cl)c2)cc1. The minimum Gasteiger partial charge on any atom is -0.378 e. The predicted molar refractivity (Wildman–Crippen MR) is 89.8 cm³/mol. The third-order valence-electron chi connectivity index (χ3n) is 3.02. The summed E-state index contributed by atoms with van der Waals surface area (Å²) in [5.74, 6) is -0.748. The van der Waals surface area contributed by atoms with Gasteiger partial charge in [-0.1, -0.05) is 17.7 Å². The molecule has 22 heavy (non-hydrogen) atoms. The van der Waals surface area contributed by atoms with Crippen molar-refractivity contribution in [1.82, 2.24) is 0 Å². The van der Waals surface area contributed by atoms with Gasteiger partial charge in [0, 0.05) is 31.5 Å². The second kappa shape index (κ2) is 7.09. The minimum absolute atomic E-state index is 0.0295. The molecule has 114 valence electrons. The second-order valence-corrected chi connectivity index (χ2v) is 5.34. The van der Waals surface area contributed by atoms with Gasteiger partial charge in [0.05, 0.1) is 5.02 Å². The summed E-state index contributed by atoms with van der Waals surface area (Å²) in [5.41, 5.74) is 2.41. The quantitative estimate of drug-likeness (QED) is 0.857. The van der Waals surface area contributed by atoms with Gasteiger partial charge < -0.3 is 10.2 Å². The van der Waals surface area contributed by atoms with E-state index in [1.807, 2.05) is 43.3 Å². The van der Waals surface area contributed by atoms with Gasteiger partial charge in [-0.05, 0) is 48.0 Å². The molecule has 0 saturated carbocycles. The standard InChI is InChI=1S/C17H16ClFN2O/c1-21(2)14-7-5-13(6-8-14)20-17(22)10-4-12-3-9-16(19)15(18)11-12/h3-11H,1-2H3,(H,20,22). The molecule has 5 heteroatoms. The van der Waals surface area contributed by atoms with Crippen molar-refractivity contribution < 1.29 is 9.18 Å². The summed E-state index contributed by atoms with van der Waals surface area (Å²) in [7, 11) is 3.90. The molecule has 3 nitrogen and oxygen atoms in total. The Labute approximate surface area is 134 Å². The number of hydrogen-bond acceptors (Lipinski definition) is 2. The van der Waals surface area contributed by atoms with E-state index in [4.69, 9.17) is 11.6 Å². The Kier molecular flexibility index (Phi) is 5.17. The molecule has 0 spiro atoms. The van der Waals surface area contributed by atoms with Gasteiger partial charge in [0.2, 0.25) is 5.91 Å². The molecule has 0 heterocycles. The lowest BCUT2D eigenvalue weighted by Crippen LogP contribution is -2.10. The van der Waals surface area contributed by atoms with Crippen molar-refractivity contribution in [3.8, 4) is 0 Å². The van der Waals surface area contributed by atoms with Crippen molar-refractivity contribution in [2.45, 2.75) is 0 Å². The summed E-state index contributed by atoms with van der Waals surface area (Å²) < 4.78 is 13.0. The first-order chi connectivity index (χ1) is 10.5. The summed E-state index contributed by atoms with van der Waals surface area (Å²) in [6.45, 7) is 0. The zero-order chi connectivity index (χ0) is 16.1. The molecule has 0 aliphatic heterocycles. The Bertz CT molecular complexity index is 696. The van der Waals surface area contributed by atoms with Crippen LogP contribution in [0.4, 0.5) is 15.8 Å². The molecule has 0 aromatic heterocycles. The van der Waals surface area contributed by atoms with Crippen LogP contribution in [0.5, 0.6) is 0 Å². The van der Waals surface area contributed by atoms with E-state index in [-0.39, 0.29) is 10.9 Å². The number of hydrogen-bond donors (Lipinski definition) is 1. The van der Waals surface area contributed by atoms with Gasteiger partial charge in [0.15, 0.2) is 0 Å². The number of nitrogens with one attached hydrogen (secondary N) is 1. The number of halogens is 2. The van der Waals surface area contributed by atoms with Crippen LogP contribution in [-0.4, -0.2) is 20.0 Å². The van der Waals surface area contributed by atoms with Crippen molar-refractivity contribution in [3.05, 3.63) is 64.9 Å². The number of amides is 1. The van der Waals surface area contributed by atoms with E-state index >= 15 is 0 Å². The summed E-state index contributed by atoms with van der Waals surface area (Å²) in [6.07, 6.45) is 2.96. The first kappa shape index (κ1) is 16.0. The highest BCUT2D eigenvalue weighted by Gasteiger charge is 2.01. The lowest BCUT2D eigenvalue weighted by molar-refractivity contribution is -0.111. The van der Waals surface area contributed by atoms with Crippen molar-refractivity contribution in [2.24, 2.45) is 0 Å². The van der Waals surface area contributed by atoms with E-state index in [1.165, 1.54) is 18.2 Å². The Morgan fingerprint density at radius 3 is 2.45 bits per heavy atom. The molecule has 1 N–H and O–H groups in total. The van der Waals surface area contributed by atoms with Crippen LogP contribution in [0, 0.1) is 5.82 Å². The molecular weight excluding hydrogens is 303 g/mol. The number of carbonyl (C=O) groups is 1. The van der Waals surface area contributed by atoms with Crippen LogP contribution in [-0.2, 0) is 4.79 Å². The maximum Gasteiger partial charge on any atom is 0.248 e. The van der Waals surface area contributed by atoms with Gasteiger partial charge in [-0.15, -0.1) is 0 Å². The molecule has 2 aromatic rings. The monoisotopic (exact) mass is 318 g/mol. The number of carbonyl (C=O) groups excluding carboxylic acids is 1. The molecular formula is C17H16ClFN2O. The smallest absolute Gasteiger partial charge is 0.248 e. The molecule has 2 aromatic carbocycles. The van der Waals surface area contributed by atoms with Gasteiger partial charge in [-0.3, -0.25) is 4.79 Å². The number of benzene rings is 2. The molecule has 0 aliphatic carbocycles. The first-order valence-corrected chi connectivity index (χ1v) is 7.05. The average molecular weight is 319 g/mol. The van der Waals surface area contributed by atoms with Crippen molar-refractivity contribution in [1.29, 1.82) is 0 Å². The summed E-state index contributed by atoms with van der Waals surface area (Å²) in [6, 6.07) is 11.8. The fourth-order valence-electron chi connectivity index (χ4n) is 1.81. The summed E-state index contributed by atoms with van der Waals surface area (Å²) in [5, 5.41) is 2.78. The third kappa shape index (κ3) is 4.33. The molecule has 0 aliphatic rings. The van der Waals surface area contributed by atoms with Crippen LogP contribution in [0.2, 0.25) is 5.02 Å². The fourth-order valence-corrected chi connectivity index (χ4v) is 2.00. The van der Waals surface area contributed by atoms with Gasteiger partial charge in [0.25, 0.3) is 0 Å². The predicted octanol–water partition coefficient (Wildman–Crippen LogP) is 4.20. The third-order valence-corrected chi connectivity index (χ3v) is 3.31. The highest BCUT2D eigenvalue weighted by atomic mass is 35.5. The first-order valence-electron chi connectivity index (χ1n) is 6.67.